The molecule has 1 aromatic heterocycles. The lowest BCUT2D eigenvalue weighted by atomic mass is 10.2. The number of anilines is 2. The molecule has 8 heteroatoms. The van der Waals surface area contributed by atoms with E-state index >= 15 is 0 Å². The van der Waals surface area contributed by atoms with Crippen LogP contribution in [0.2, 0.25) is 0 Å². The zero-order valence-electron chi connectivity index (χ0n) is 15.6. The van der Waals surface area contributed by atoms with Crippen molar-refractivity contribution < 1.29 is 18.8 Å². The van der Waals surface area contributed by atoms with Gasteiger partial charge in [-0.3, -0.25) is 14.4 Å². The maximum atomic E-state index is 12.8. The maximum absolute atomic E-state index is 12.8. The topological polar surface area (TPSA) is 91.7 Å². The fourth-order valence-corrected chi connectivity index (χ4v) is 3.52. The van der Waals surface area contributed by atoms with E-state index in [-0.39, 0.29) is 17.6 Å². The Hall–Kier alpha value is -2.74. The molecule has 1 fully saturated rings. The van der Waals surface area contributed by atoms with Crippen LogP contribution >= 0.6 is 11.8 Å². The number of thioether (sulfide) groups is 1. The van der Waals surface area contributed by atoms with E-state index in [0.29, 0.717) is 25.1 Å². The molecule has 1 saturated heterocycles. The summed E-state index contributed by atoms with van der Waals surface area (Å²) in [6.45, 7) is 0.686. The first-order chi connectivity index (χ1) is 13.6. The average Bonchev–Trinajstić information content (AvgIpc) is 3.37. The highest BCUT2D eigenvalue weighted by Crippen LogP contribution is 2.24. The number of carbonyl (C=O) groups excluding carboxylic acids is 3. The third kappa shape index (κ3) is 4.95. The number of rotatable bonds is 8. The summed E-state index contributed by atoms with van der Waals surface area (Å²) >= 11 is 1.60. The highest BCUT2D eigenvalue weighted by atomic mass is 32.2. The maximum Gasteiger partial charge on any atom is 0.287 e. The molecule has 7 nitrogen and oxygen atoms in total. The average molecular weight is 401 g/mol. The molecule has 3 rings (SSSR count). The summed E-state index contributed by atoms with van der Waals surface area (Å²) in [6, 6.07) is 9.68. The van der Waals surface area contributed by atoms with Crippen LogP contribution in [0.1, 0.15) is 29.8 Å². The van der Waals surface area contributed by atoms with Gasteiger partial charge in [0.2, 0.25) is 11.8 Å². The molecule has 0 spiro atoms. The zero-order chi connectivity index (χ0) is 19.9. The van der Waals surface area contributed by atoms with Crippen molar-refractivity contribution in [2.75, 3.05) is 28.8 Å². The van der Waals surface area contributed by atoms with Gasteiger partial charge in [0.15, 0.2) is 5.76 Å². The monoisotopic (exact) mass is 401 g/mol. The number of nitrogens with one attached hydrogen (secondary N) is 2. The van der Waals surface area contributed by atoms with Crippen molar-refractivity contribution in [1.82, 2.24) is 5.32 Å². The van der Waals surface area contributed by atoms with Gasteiger partial charge in [-0.1, -0.05) is 6.07 Å². The van der Waals surface area contributed by atoms with E-state index in [1.165, 1.54) is 6.26 Å². The molecule has 1 aromatic carbocycles. The number of carbonyl (C=O) groups is 3. The third-order valence-electron chi connectivity index (χ3n) is 4.48. The Morgan fingerprint density at radius 2 is 2.14 bits per heavy atom. The Morgan fingerprint density at radius 3 is 2.82 bits per heavy atom. The second-order valence-corrected chi connectivity index (χ2v) is 7.46. The molecule has 28 heavy (non-hydrogen) atoms. The minimum atomic E-state index is -0.692. The molecule has 1 unspecified atom stereocenters. The lowest BCUT2D eigenvalue weighted by Gasteiger charge is -2.19. The van der Waals surface area contributed by atoms with E-state index in [2.05, 4.69) is 10.6 Å². The highest BCUT2D eigenvalue weighted by molar-refractivity contribution is 7.98. The quantitative estimate of drug-likeness (QED) is 0.710. The van der Waals surface area contributed by atoms with Crippen molar-refractivity contribution in [2.45, 2.75) is 25.3 Å². The van der Waals surface area contributed by atoms with Crippen molar-refractivity contribution in [1.29, 1.82) is 0 Å². The van der Waals surface area contributed by atoms with Gasteiger partial charge in [-0.25, -0.2) is 0 Å². The Kier molecular flexibility index (Phi) is 6.76. The van der Waals surface area contributed by atoms with Crippen LogP contribution in [0.15, 0.2) is 47.1 Å². The Labute approximate surface area is 167 Å². The molecule has 0 bridgehead atoms. The first-order valence-corrected chi connectivity index (χ1v) is 10.5. The van der Waals surface area contributed by atoms with E-state index in [0.717, 1.165) is 17.9 Å². The number of nitrogens with zero attached hydrogens (tertiary/aromatic N) is 1. The number of furan rings is 1. The van der Waals surface area contributed by atoms with E-state index in [1.54, 1.807) is 47.0 Å². The van der Waals surface area contributed by atoms with Gasteiger partial charge in [-0.2, -0.15) is 11.8 Å². The van der Waals surface area contributed by atoms with Gasteiger partial charge in [0.1, 0.15) is 6.04 Å². The molecule has 1 aliphatic rings. The van der Waals surface area contributed by atoms with Crippen LogP contribution in [0, 0.1) is 0 Å². The lowest BCUT2D eigenvalue weighted by Crippen LogP contribution is -2.44. The van der Waals surface area contributed by atoms with Crippen molar-refractivity contribution in [3.8, 4) is 0 Å². The smallest absolute Gasteiger partial charge is 0.287 e. The van der Waals surface area contributed by atoms with Crippen LogP contribution < -0.4 is 15.5 Å². The lowest BCUT2D eigenvalue weighted by molar-refractivity contribution is -0.118. The second-order valence-electron chi connectivity index (χ2n) is 6.47. The molecule has 3 amide bonds. The fraction of sp³-hybridized carbons (Fsp3) is 0.350. The van der Waals surface area contributed by atoms with Crippen molar-refractivity contribution in [3.05, 3.63) is 48.4 Å². The fourth-order valence-electron chi connectivity index (χ4n) is 3.04. The molecule has 0 aliphatic carbocycles. The Bertz CT molecular complexity index is 838. The molecular formula is C20H23N3O4S. The predicted octanol–water partition coefficient (Wildman–Crippen LogP) is 2.90. The molecular weight excluding hydrogens is 378 g/mol. The van der Waals surface area contributed by atoms with Gasteiger partial charge in [0, 0.05) is 24.3 Å². The summed E-state index contributed by atoms with van der Waals surface area (Å²) in [7, 11) is 0. The molecule has 2 N–H and O–H groups in total. The summed E-state index contributed by atoms with van der Waals surface area (Å²) in [5, 5.41) is 5.58. The van der Waals surface area contributed by atoms with Crippen LogP contribution in [-0.4, -0.2) is 42.3 Å². The molecule has 0 radical (unpaired) electrons. The van der Waals surface area contributed by atoms with E-state index in [1.807, 2.05) is 12.3 Å². The molecule has 2 aromatic rings. The molecule has 2 heterocycles. The van der Waals surface area contributed by atoms with E-state index in [9.17, 15) is 14.4 Å². The van der Waals surface area contributed by atoms with E-state index < -0.39 is 11.9 Å². The van der Waals surface area contributed by atoms with Gasteiger partial charge < -0.3 is 20.0 Å². The third-order valence-corrected chi connectivity index (χ3v) is 5.12. The van der Waals surface area contributed by atoms with Crippen LogP contribution in [0.25, 0.3) is 0 Å². The summed E-state index contributed by atoms with van der Waals surface area (Å²) in [4.78, 5) is 38.7. The SMILES string of the molecule is CSCCC(NC(=O)c1ccco1)C(=O)Nc1cccc(N2CCCC2=O)c1. The van der Waals surface area contributed by atoms with Crippen LogP contribution in [-0.2, 0) is 9.59 Å². The second kappa shape index (κ2) is 9.45. The van der Waals surface area contributed by atoms with Crippen molar-refractivity contribution >= 4 is 40.9 Å². The van der Waals surface area contributed by atoms with Crippen LogP contribution in [0.4, 0.5) is 11.4 Å². The van der Waals surface area contributed by atoms with Gasteiger partial charge in [0.25, 0.3) is 5.91 Å². The number of hydrogen-bond donors (Lipinski definition) is 2. The summed E-state index contributed by atoms with van der Waals surface area (Å²) in [5.74, 6) is 0.240. The van der Waals surface area contributed by atoms with Gasteiger partial charge >= 0.3 is 0 Å². The number of amides is 3. The van der Waals surface area contributed by atoms with Gasteiger partial charge in [0.05, 0.1) is 6.26 Å². The van der Waals surface area contributed by atoms with E-state index in [4.69, 9.17) is 4.42 Å². The summed E-state index contributed by atoms with van der Waals surface area (Å²) < 4.78 is 5.10. The van der Waals surface area contributed by atoms with Gasteiger partial charge in [-0.15, -0.1) is 0 Å². The summed E-state index contributed by atoms with van der Waals surface area (Å²) in [5.41, 5.74) is 1.35. The molecule has 1 atom stereocenters. The van der Waals surface area contributed by atoms with Crippen molar-refractivity contribution in [3.63, 3.8) is 0 Å². The first kappa shape index (κ1) is 20.0. The zero-order valence-corrected chi connectivity index (χ0v) is 16.5. The van der Waals surface area contributed by atoms with Gasteiger partial charge in [-0.05, 0) is 55.2 Å². The number of benzene rings is 1. The Morgan fingerprint density at radius 1 is 1.29 bits per heavy atom. The summed E-state index contributed by atoms with van der Waals surface area (Å²) in [6.07, 6.45) is 5.23. The largest absolute Gasteiger partial charge is 0.459 e. The van der Waals surface area contributed by atoms with Crippen LogP contribution in [0.3, 0.4) is 0 Å². The van der Waals surface area contributed by atoms with Crippen LogP contribution in [0.5, 0.6) is 0 Å². The number of hydrogen-bond acceptors (Lipinski definition) is 5. The van der Waals surface area contributed by atoms with Crippen molar-refractivity contribution in [2.24, 2.45) is 0 Å². The predicted molar refractivity (Wildman–Crippen MR) is 110 cm³/mol. The molecule has 1 aliphatic heterocycles. The molecule has 0 saturated carbocycles. The minimum Gasteiger partial charge on any atom is -0.459 e. The normalized spacial score (nSPS) is 14.8. The Balaban J connectivity index is 1.69. The minimum absolute atomic E-state index is 0.0898. The first-order valence-electron chi connectivity index (χ1n) is 9.13. The highest BCUT2D eigenvalue weighted by Gasteiger charge is 2.24. The molecule has 148 valence electrons. The standard InChI is InChI=1S/C20H23N3O4S/c1-28-12-9-16(22-20(26)17-7-4-11-27-17)19(25)21-14-5-2-6-15(13-14)23-10-3-8-18(23)24/h2,4-7,11,13,16H,3,8-10,12H2,1H3,(H,21,25)(H,22,26).